The van der Waals surface area contributed by atoms with E-state index in [9.17, 15) is 9.59 Å². The summed E-state index contributed by atoms with van der Waals surface area (Å²) < 4.78 is 6.88. The summed E-state index contributed by atoms with van der Waals surface area (Å²) in [5, 5.41) is 1.19. The normalized spacial score (nSPS) is 12.1. The van der Waals surface area contributed by atoms with Gasteiger partial charge in [-0.3, -0.25) is 14.2 Å². The van der Waals surface area contributed by atoms with Crippen molar-refractivity contribution in [2.75, 3.05) is 13.7 Å². The molecule has 4 aromatic rings. The van der Waals surface area contributed by atoms with Gasteiger partial charge in [0.25, 0.3) is 11.5 Å². The number of carbonyl (C=O) groups is 1. The highest BCUT2D eigenvalue weighted by Gasteiger charge is 2.28. The molecule has 0 spiro atoms. The molecule has 4 rings (SSSR count). The molecule has 0 N–H and O–H groups in total. The molecule has 3 aromatic carbocycles. The highest BCUT2D eigenvalue weighted by atomic mass is 35.5. The van der Waals surface area contributed by atoms with Crippen LogP contribution in [0.5, 0.6) is 5.75 Å². The number of para-hydroxylation sites is 1. The Morgan fingerprint density at radius 2 is 1.70 bits per heavy atom. The maximum atomic E-state index is 13.8. The van der Waals surface area contributed by atoms with Gasteiger partial charge in [0.1, 0.15) is 11.6 Å². The largest absolute Gasteiger partial charge is 0.497 e. The van der Waals surface area contributed by atoms with E-state index in [1.807, 2.05) is 37.3 Å². The topological polar surface area (TPSA) is 64.4 Å². The van der Waals surface area contributed by atoms with E-state index in [0.29, 0.717) is 56.2 Å². The number of fused-ring (bicyclic) bond motifs is 1. The second-order valence-corrected chi connectivity index (χ2v) is 10.1. The minimum absolute atomic E-state index is 0.205. The molecule has 0 radical (unpaired) electrons. The van der Waals surface area contributed by atoms with E-state index in [0.717, 1.165) is 6.42 Å². The number of aromatic nitrogens is 2. The van der Waals surface area contributed by atoms with E-state index < -0.39 is 6.04 Å². The van der Waals surface area contributed by atoms with Crippen LogP contribution in [-0.2, 0) is 0 Å². The zero-order chi connectivity index (χ0) is 26.7. The molecule has 1 unspecified atom stereocenters. The van der Waals surface area contributed by atoms with E-state index in [1.165, 1.54) is 0 Å². The smallest absolute Gasteiger partial charge is 0.266 e. The van der Waals surface area contributed by atoms with Gasteiger partial charge in [-0.1, -0.05) is 49.2 Å². The first-order chi connectivity index (χ1) is 17.7. The third kappa shape index (κ3) is 5.65. The van der Waals surface area contributed by atoms with Gasteiger partial charge < -0.3 is 9.64 Å². The molecule has 0 aliphatic heterocycles. The fourth-order valence-corrected chi connectivity index (χ4v) is 4.51. The summed E-state index contributed by atoms with van der Waals surface area (Å²) in [6.45, 7) is 6.58. The van der Waals surface area contributed by atoms with Crippen molar-refractivity contribution in [3.05, 3.63) is 98.5 Å². The summed E-state index contributed by atoms with van der Waals surface area (Å²) in [5.74, 6) is 1.29. The number of amides is 1. The molecule has 0 saturated heterocycles. The van der Waals surface area contributed by atoms with Crippen molar-refractivity contribution in [1.82, 2.24) is 14.5 Å². The summed E-state index contributed by atoms with van der Waals surface area (Å²) in [6.07, 6.45) is 0.776. The molecule has 0 aliphatic carbocycles. The second kappa shape index (κ2) is 11.4. The van der Waals surface area contributed by atoms with Crippen LogP contribution in [0.25, 0.3) is 16.6 Å². The van der Waals surface area contributed by atoms with E-state index in [-0.39, 0.29) is 11.5 Å². The van der Waals surface area contributed by atoms with Crippen LogP contribution in [0.1, 0.15) is 49.4 Å². The average Bonchev–Trinajstić information content (AvgIpc) is 2.90. The highest BCUT2D eigenvalue weighted by molar-refractivity contribution is 6.42. The van der Waals surface area contributed by atoms with Crippen molar-refractivity contribution >= 4 is 40.0 Å². The lowest BCUT2D eigenvalue weighted by molar-refractivity contribution is 0.0671. The first-order valence-corrected chi connectivity index (χ1v) is 12.9. The Morgan fingerprint density at radius 1 is 1.00 bits per heavy atom. The fourth-order valence-electron chi connectivity index (χ4n) is 4.21. The molecule has 1 amide bonds. The fraction of sp³-hybridized carbons (Fsp3) is 0.276. The molecule has 0 saturated carbocycles. The van der Waals surface area contributed by atoms with Gasteiger partial charge in [0.2, 0.25) is 0 Å². The minimum Gasteiger partial charge on any atom is -0.497 e. The van der Waals surface area contributed by atoms with Crippen LogP contribution in [0.3, 0.4) is 0 Å². The first kappa shape index (κ1) is 26.7. The second-order valence-electron chi connectivity index (χ2n) is 9.31. The number of ether oxygens (including phenoxy) is 1. The lowest BCUT2D eigenvalue weighted by Gasteiger charge is -2.31. The molecule has 1 heterocycles. The molecule has 192 valence electrons. The maximum absolute atomic E-state index is 13.8. The predicted octanol–water partition coefficient (Wildman–Crippen LogP) is 6.95. The number of nitrogens with zero attached hydrogens (tertiary/aromatic N) is 3. The molecular formula is C29H29Cl2N3O3. The van der Waals surface area contributed by atoms with E-state index in [4.69, 9.17) is 32.9 Å². The predicted molar refractivity (Wildman–Crippen MR) is 149 cm³/mol. The lowest BCUT2D eigenvalue weighted by atomic mass is 10.1. The number of hydrogen-bond donors (Lipinski definition) is 0. The molecule has 8 heteroatoms. The summed E-state index contributed by atoms with van der Waals surface area (Å²) in [4.78, 5) is 34.2. The molecule has 37 heavy (non-hydrogen) atoms. The van der Waals surface area contributed by atoms with Crippen molar-refractivity contribution in [1.29, 1.82) is 0 Å². The van der Waals surface area contributed by atoms with Crippen molar-refractivity contribution in [3.63, 3.8) is 0 Å². The molecule has 1 atom stereocenters. The van der Waals surface area contributed by atoms with Crippen molar-refractivity contribution < 1.29 is 9.53 Å². The third-order valence-electron chi connectivity index (χ3n) is 6.35. The molecule has 0 bridgehead atoms. The number of benzene rings is 3. The Labute approximate surface area is 226 Å². The van der Waals surface area contributed by atoms with Gasteiger partial charge in [0.15, 0.2) is 0 Å². The molecule has 0 aliphatic rings. The first-order valence-electron chi connectivity index (χ1n) is 12.1. The molecule has 6 nitrogen and oxygen atoms in total. The van der Waals surface area contributed by atoms with Crippen LogP contribution >= 0.6 is 23.2 Å². The van der Waals surface area contributed by atoms with Crippen LogP contribution < -0.4 is 10.3 Å². The quantitative estimate of drug-likeness (QED) is 0.244. The van der Waals surface area contributed by atoms with Gasteiger partial charge in [-0.15, -0.1) is 0 Å². The van der Waals surface area contributed by atoms with Crippen LogP contribution in [0.2, 0.25) is 10.0 Å². The van der Waals surface area contributed by atoms with Gasteiger partial charge in [-0.2, -0.15) is 0 Å². The minimum atomic E-state index is -0.528. The zero-order valence-corrected chi connectivity index (χ0v) is 22.8. The standard InChI is InChI=1S/C29H29Cl2N3O3/c1-18(2)15-16-33(28(35)20-9-14-24(30)25(31)17-20)19(3)27-32-26-8-6-5-7-23(26)29(36)34(27)21-10-12-22(37-4)13-11-21/h5-14,17-19H,15-16H2,1-4H3. The molecular weight excluding hydrogens is 509 g/mol. The number of halogens is 2. The lowest BCUT2D eigenvalue weighted by Crippen LogP contribution is -2.38. The van der Waals surface area contributed by atoms with E-state index >= 15 is 0 Å². The zero-order valence-electron chi connectivity index (χ0n) is 21.2. The van der Waals surface area contributed by atoms with E-state index in [2.05, 4.69) is 13.8 Å². The Bertz CT molecular complexity index is 1480. The Hall–Kier alpha value is -3.35. The van der Waals surface area contributed by atoms with Gasteiger partial charge in [0, 0.05) is 12.1 Å². The Kier molecular flexibility index (Phi) is 8.20. The summed E-state index contributed by atoms with van der Waals surface area (Å²) in [5.41, 5.74) is 1.43. The monoisotopic (exact) mass is 537 g/mol. The molecule has 0 fully saturated rings. The number of rotatable bonds is 8. The van der Waals surface area contributed by atoms with Crippen LogP contribution in [0.4, 0.5) is 0 Å². The number of methoxy groups -OCH3 is 1. The van der Waals surface area contributed by atoms with Crippen LogP contribution in [-0.4, -0.2) is 34.0 Å². The van der Waals surface area contributed by atoms with Crippen LogP contribution in [0, 0.1) is 5.92 Å². The van der Waals surface area contributed by atoms with Crippen molar-refractivity contribution in [2.45, 2.75) is 33.2 Å². The van der Waals surface area contributed by atoms with E-state index in [1.54, 1.807) is 53.0 Å². The highest BCUT2D eigenvalue weighted by Crippen LogP contribution is 2.28. The Balaban J connectivity index is 1.89. The van der Waals surface area contributed by atoms with Gasteiger partial charge >= 0.3 is 0 Å². The molecule has 1 aromatic heterocycles. The number of carbonyl (C=O) groups excluding carboxylic acids is 1. The number of hydrogen-bond acceptors (Lipinski definition) is 4. The van der Waals surface area contributed by atoms with Gasteiger partial charge in [-0.05, 0) is 73.9 Å². The SMILES string of the molecule is COc1ccc(-n2c(C(C)N(CCC(C)C)C(=O)c3ccc(Cl)c(Cl)c3)nc3ccccc3c2=O)cc1. The van der Waals surface area contributed by atoms with Crippen molar-refractivity contribution in [3.8, 4) is 11.4 Å². The van der Waals surface area contributed by atoms with Crippen molar-refractivity contribution in [2.24, 2.45) is 5.92 Å². The Morgan fingerprint density at radius 3 is 2.35 bits per heavy atom. The third-order valence-corrected chi connectivity index (χ3v) is 7.09. The average molecular weight is 538 g/mol. The maximum Gasteiger partial charge on any atom is 0.266 e. The summed E-state index contributed by atoms with van der Waals surface area (Å²) in [6, 6.07) is 18.8. The summed E-state index contributed by atoms with van der Waals surface area (Å²) in [7, 11) is 1.59. The van der Waals surface area contributed by atoms with Crippen LogP contribution in [0.15, 0.2) is 71.5 Å². The summed E-state index contributed by atoms with van der Waals surface area (Å²) >= 11 is 12.3. The van der Waals surface area contributed by atoms with Gasteiger partial charge in [0.05, 0.1) is 39.8 Å². The van der Waals surface area contributed by atoms with Gasteiger partial charge in [-0.25, -0.2) is 4.98 Å².